The Balaban J connectivity index is 1.57. The van der Waals surface area contributed by atoms with Gasteiger partial charge in [-0.25, -0.2) is 0 Å². The van der Waals surface area contributed by atoms with E-state index in [1.54, 1.807) is 12.3 Å². The van der Waals surface area contributed by atoms with Gasteiger partial charge in [-0.3, -0.25) is 14.5 Å². The summed E-state index contributed by atoms with van der Waals surface area (Å²) in [4.78, 5) is 28.6. The number of hydrogen-bond acceptors (Lipinski definition) is 3. The van der Waals surface area contributed by atoms with Crippen LogP contribution in [0.15, 0.2) is 41.0 Å². The quantitative estimate of drug-likeness (QED) is 0.715. The molecule has 0 bridgehead atoms. The van der Waals surface area contributed by atoms with Gasteiger partial charge in [-0.2, -0.15) is 0 Å². The summed E-state index contributed by atoms with van der Waals surface area (Å²) < 4.78 is 0.837. The van der Waals surface area contributed by atoms with Crippen molar-refractivity contribution in [3.05, 3.63) is 52.3 Å². The number of piperidine rings is 1. The average molecular weight is 405 g/mol. The number of hydrogen-bond donors (Lipinski definition) is 3. The van der Waals surface area contributed by atoms with Crippen LogP contribution in [-0.4, -0.2) is 34.8 Å². The molecule has 0 radical (unpaired) electrons. The van der Waals surface area contributed by atoms with E-state index in [1.807, 2.05) is 24.3 Å². The lowest BCUT2D eigenvalue weighted by atomic mass is 9.97. The van der Waals surface area contributed by atoms with E-state index >= 15 is 0 Å². The Morgan fingerprint density at radius 2 is 2.08 bits per heavy atom. The third kappa shape index (κ3) is 4.70. The topological polar surface area (TPSA) is 91.2 Å². The van der Waals surface area contributed by atoms with Crippen molar-refractivity contribution in [1.29, 1.82) is 0 Å². The molecule has 4 N–H and O–H groups in total. The third-order valence-corrected chi connectivity index (χ3v) is 4.88. The second-order valence-corrected chi connectivity index (χ2v) is 7.27. The summed E-state index contributed by atoms with van der Waals surface area (Å²) in [6.07, 6.45) is 3.59. The van der Waals surface area contributed by atoms with Gasteiger partial charge in [0.2, 0.25) is 5.91 Å². The summed E-state index contributed by atoms with van der Waals surface area (Å²) >= 11 is 3.31. The number of aromatic nitrogens is 1. The lowest BCUT2D eigenvalue weighted by Gasteiger charge is -2.31. The lowest BCUT2D eigenvalue weighted by molar-refractivity contribution is -0.123. The Bertz CT molecular complexity index is 757. The van der Waals surface area contributed by atoms with Crippen LogP contribution < -0.4 is 11.1 Å². The first kappa shape index (κ1) is 17.7. The van der Waals surface area contributed by atoms with Gasteiger partial charge in [-0.05, 0) is 59.1 Å². The molecule has 1 aliphatic rings. The maximum atomic E-state index is 12.1. The summed E-state index contributed by atoms with van der Waals surface area (Å²) in [6, 6.07) is 9.50. The van der Waals surface area contributed by atoms with E-state index in [0.717, 1.165) is 48.2 Å². The van der Waals surface area contributed by atoms with E-state index in [9.17, 15) is 9.59 Å². The molecule has 0 aliphatic carbocycles. The van der Waals surface area contributed by atoms with Crippen molar-refractivity contribution in [1.82, 2.24) is 9.88 Å². The number of rotatable bonds is 5. The number of nitrogens with zero attached hydrogens (tertiary/aromatic N) is 1. The average Bonchev–Trinajstić information content (AvgIpc) is 3.03. The monoisotopic (exact) mass is 404 g/mol. The fourth-order valence-corrected chi connectivity index (χ4v) is 3.42. The van der Waals surface area contributed by atoms with Crippen LogP contribution in [0.1, 0.15) is 28.9 Å². The molecule has 1 saturated heterocycles. The second kappa shape index (κ2) is 7.84. The van der Waals surface area contributed by atoms with Crippen molar-refractivity contribution in [2.24, 2.45) is 11.7 Å². The number of nitrogens with one attached hydrogen (secondary N) is 2. The van der Waals surface area contributed by atoms with Crippen molar-refractivity contribution in [3.63, 3.8) is 0 Å². The minimum absolute atomic E-state index is 0.0487. The molecule has 1 aromatic carbocycles. The van der Waals surface area contributed by atoms with Crippen LogP contribution in [0.5, 0.6) is 0 Å². The fourth-order valence-electron chi connectivity index (χ4n) is 3.08. The highest BCUT2D eigenvalue weighted by Crippen LogP contribution is 2.19. The van der Waals surface area contributed by atoms with Gasteiger partial charge in [-0.1, -0.05) is 12.1 Å². The van der Waals surface area contributed by atoms with Gasteiger partial charge in [0.05, 0.1) is 5.92 Å². The molecular weight excluding hydrogens is 384 g/mol. The Morgan fingerprint density at radius 3 is 2.72 bits per heavy atom. The number of anilines is 1. The summed E-state index contributed by atoms with van der Waals surface area (Å²) in [5.41, 5.74) is 7.82. The summed E-state index contributed by atoms with van der Waals surface area (Å²) in [5, 5.41) is 2.86. The fraction of sp³-hybridized carbons (Fsp3) is 0.333. The first-order valence-corrected chi connectivity index (χ1v) is 9.06. The Kier molecular flexibility index (Phi) is 5.55. The molecule has 7 heteroatoms. The Labute approximate surface area is 154 Å². The number of amides is 2. The largest absolute Gasteiger partial charge is 0.369 e. The highest BCUT2D eigenvalue weighted by Gasteiger charge is 2.23. The molecule has 132 valence electrons. The number of benzene rings is 1. The third-order valence-electron chi connectivity index (χ3n) is 4.42. The van der Waals surface area contributed by atoms with E-state index in [0.29, 0.717) is 5.69 Å². The van der Waals surface area contributed by atoms with Crippen LogP contribution in [0.3, 0.4) is 0 Å². The number of likely N-dealkylation sites (tertiary alicyclic amines) is 1. The molecule has 1 aliphatic heterocycles. The van der Waals surface area contributed by atoms with Crippen LogP contribution in [0, 0.1) is 5.92 Å². The Hall–Kier alpha value is -2.12. The summed E-state index contributed by atoms with van der Waals surface area (Å²) in [6.45, 7) is 2.47. The first-order valence-electron chi connectivity index (χ1n) is 8.27. The molecule has 0 saturated carbocycles. The molecule has 2 amide bonds. The lowest BCUT2D eigenvalue weighted by Crippen LogP contribution is -2.40. The predicted octanol–water partition coefficient (Wildman–Crippen LogP) is 2.73. The van der Waals surface area contributed by atoms with Crippen LogP contribution in [-0.2, 0) is 11.3 Å². The van der Waals surface area contributed by atoms with Crippen LogP contribution >= 0.6 is 15.9 Å². The van der Waals surface area contributed by atoms with E-state index < -0.39 is 0 Å². The van der Waals surface area contributed by atoms with Gasteiger partial charge in [0.15, 0.2) is 0 Å². The van der Waals surface area contributed by atoms with E-state index in [1.165, 1.54) is 0 Å². The second-order valence-electron chi connectivity index (χ2n) is 6.36. The molecule has 1 atom stereocenters. The summed E-state index contributed by atoms with van der Waals surface area (Å²) in [7, 11) is 0. The van der Waals surface area contributed by atoms with Gasteiger partial charge in [-0.15, -0.1) is 0 Å². The number of H-pyrrole nitrogens is 1. The van der Waals surface area contributed by atoms with Crippen molar-refractivity contribution in [2.75, 3.05) is 18.4 Å². The number of carbonyl (C=O) groups is 2. The molecule has 1 unspecified atom stereocenters. The van der Waals surface area contributed by atoms with Gasteiger partial charge in [0.1, 0.15) is 5.69 Å². The van der Waals surface area contributed by atoms with Crippen molar-refractivity contribution < 1.29 is 9.59 Å². The normalized spacial score (nSPS) is 18.0. The predicted molar refractivity (Wildman–Crippen MR) is 100 cm³/mol. The minimum Gasteiger partial charge on any atom is -0.369 e. The van der Waals surface area contributed by atoms with Gasteiger partial charge >= 0.3 is 0 Å². The van der Waals surface area contributed by atoms with Crippen molar-refractivity contribution >= 4 is 33.4 Å². The minimum atomic E-state index is -0.210. The highest BCUT2D eigenvalue weighted by molar-refractivity contribution is 9.10. The molecule has 0 spiro atoms. The SMILES string of the molecule is NC(=O)C1CCCN(Cc2ccc(NC(=O)c3cc(Br)c[nH]3)cc2)C1. The standard InChI is InChI=1S/C18H21BrN4O2/c19-14-8-16(21-9-14)18(25)22-15-5-3-12(4-6-15)10-23-7-1-2-13(11-23)17(20)24/h3-6,8-9,13,21H,1-2,7,10-11H2,(H2,20,24)(H,22,25). The molecule has 3 rings (SSSR count). The summed E-state index contributed by atoms with van der Waals surface area (Å²) in [5.74, 6) is -0.440. The smallest absolute Gasteiger partial charge is 0.272 e. The van der Waals surface area contributed by atoms with Crippen molar-refractivity contribution in [3.8, 4) is 0 Å². The maximum Gasteiger partial charge on any atom is 0.272 e. The molecule has 2 aromatic rings. The number of carbonyl (C=O) groups excluding carboxylic acids is 2. The highest BCUT2D eigenvalue weighted by atomic mass is 79.9. The zero-order valence-corrected chi connectivity index (χ0v) is 15.4. The van der Waals surface area contributed by atoms with Gasteiger partial charge in [0, 0.05) is 29.4 Å². The molecule has 6 nitrogen and oxygen atoms in total. The number of nitrogens with two attached hydrogens (primary N) is 1. The molecule has 1 fully saturated rings. The maximum absolute atomic E-state index is 12.1. The van der Waals surface area contributed by atoms with E-state index in [2.05, 4.69) is 31.1 Å². The first-order chi connectivity index (χ1) is 12.0. The van der Waals surface area contributed by atoms with Gasteiger partial charge < -0.3 is 16.0 Å². The number of primary amides is 1. The van der Waals surface area contributed by atoms with E-state index in [-0.39, 0.29) is 17.7 Å². The van der Waals surface area contributed by atoms with Crippen molar-refractivity contribution in [2.45, 2.75) is 19.4 Å². The van der Waals surface area contributed by atoms with E-state index in [4.69, 9.17) is 5.73 Å². The van der Waals surface area contributed by atoms with Crippen LogP contribution in [0.25, 0.3) is 0 Å². The molecule has 25 heavy (non-hydrogen) atoms. The Morgan fingerprint density at radius 1 is 1.32 bits per heavy atom. The van der Waals surface area contributed by atoms with Crippen LogP contribution in [0.4, 0.5) is 5.69 Å². The zero-order chi connectivity index (χ0) is 17.8. The number of aromatic amines is 1. The molecule has 2 heterocycles. The van der Waals surface area contributed by atoms with Crippen LogP contribution in [0.2, 0.25) is 0 Å². The number of halogens is 1. The molecule has 1 aromatic heterocycles. The van der Waals surface area contributed by atoms with Gasteiger partial charge in [0.25, 0.3) is 5.91 Å². The zero-order valence-electron chi connectivity index (χ0n) is 13.8. The molecular formula is C18H21BrN4O2.